The zero-order valence-corrected chi connectivity index (χ0v) is 17.9. The smallest absolute Gasteiger partial charge is 0.229 e. The molecule has 31 heavy (non-hydrogen) atoms. The summed E-state index contributed by atoms with van der Waals surface area (Å²) >= 11 is 0. The van der Waals surface area contributed by atoms with Crippen LogP contribution in [0.2, 0.25) is 0 Å². The van der Waals surface area contributed by atoms with E-state index in [2.05, 4.69) is 24.1 Å². The molecule has 3 atom stereocenters. The Balaban J connectivity index is 1.51. The summed E-state index contributed by atoms with van der Waals surface area (Å²) in [6, 6.07) is 18.0. The molecule has 0 aliphatic carbocycles. The van der Waals surface area contributed by atoms with Crippen molar-refractivity contribution in [2.45, 2.75) is 18.5 Å². The molecule has 160 valence electrons. The number of hydrogen-bond acceptors (Lipinski definition) is 5. The second-order valence-electron chi connectivity index (χ2n) is 8.15. The average Bonchev–Trinajstić information content (AvgIpc) is 3.44. The van der Waals surface area contributed by atoms with Gasteiger partial charge in [-0.05, 0) is 35.9 Å². The van der Waals surface area contributed by atoms with Crippen molar-refractivity contribution in [3.63, 3.8) is 0 Å². The third-order valence-corrected chi connectivity index (χ3v) is 6.63. The molecule has 2 aliphatic heterocycles. The van der Waals surface area contributed by atoms with Gasteiger partial charge in [-0.2, -0.15) is 0 Å². The zero-order valence-electron chi connectivity index (χ0n) is 17.9. The molecule has 1 amide bonds. The van der Waals surface area contributed by atoms with Crippen molar-refractivity contribution in [2.24, 2.45) is 5.92 Å². The monoisotopic (exact) mass is 418 g/mol. The van der Waals surface area contributed by atoms with Crippen molar-refractivity contribution in [2.75, 3.05) is 32.7 Å². The number of carbonyl (C=O) groups excluding carboxylic acids is 1. The number of ether oxygens (including phenoxy) is 2. The van der Waals surface area contributed by atoms with E-state index >= 15 is 0 Å². The van der Waals surface area contributed by atoms with Gasteiger partial charge in [-0.3, -0.25) is 4.79 Å². The quantitative estimate of drug-likeness (QED) is 0.629. The van der Waals surface area contributed by atoms with E-state index in [0.717, 1.165) is 34.1 Å². The highest BCUT2D eigenvalue weighted by molar-refractivity contribution is 5.86. The van der Waals surface area contributed by atoms with Crippen LogP contribution in [0.15, 0.2) is 65.3 Å². The van der Waals surface area contributed by atoms with Gasteiger partial charge >= 0.3 is 0 Å². The number of anilines is 1. The molecule has 3 heterocycles. The molecular formula is C25H26N2O4. The van der Waals surface area contributed by atoms with Crippen LogP contribution in [-0.4, -0.2) is 44.7 Å². The number of amides is 1. The number of fused-ring (bicyclic) bond motifs is 2. The van der Waals surface area contributed by atoms with Gasteiger partial charge in [-0.1, -0.05) is 18.2 Å². The molecule has 1 fully saturated rings. The van der Waals surface area contributed by atoms with Crippen molar-refractivity contribution in [3.05, 3.63) is 77.7 Å². The number of para-hydroxylation sites is 1. The minimum atomic E-state index is -0.199. The highest BCUT2D eigenvalue weighted by Crippen LogP contribution is 2.48. The summed E-state index contributed by atoms with van der Waals surface area (Å²) in [5, 5.41) is 0. The summed E-state index contributed by atoms with van der Waals surface area (Å²) in [5.41, 5.74) is 3.25. The minimum absolute atomic E-state index is 0.0711. The van der Waals surface area contributed by atoms with Crippen LogP contribution >= 0.6 is 0 Å². The Labute approximate surface area is 182 Å². The van der Waals surface area contributed by atoms with Gasteiger partial charge in [0.25, 0.3) is 0 Å². The third-order valence-electron chi connectivity index (χ3n) is 6.63. The SMILES string of the molecule is COc1ccc(CN2C[C@@H]3[C@H](C2=O)[C@H](c2ccco2)c2ccccc2N3C)c(OC)c1. The summed E-state index contributed by atoms with van der Waals surface area (Å²) in [5.74, 6) is 2.15. The minimum Gasteiger partial charge on any atom is -0.497 e. The number of likely N-dealkylation sites (tertiary alicyclic amines) is 1. The second kappa shape index (κ2) is 7.69. The van der Waals surface area contributed by atoms with Gasteiger partial charge in [0.05, 0.1) is 38.4 Å². The van der Waals surface area contributed by atoms with Crippen LogP contribution in [0, 0.1) is 5.92 Å². The molecule has 1 saturated heterocycles. The first-order chi connectivity index (χ1) is 15.1. The number of methoxy groups -OCH3 is 2. The molecule has 0 N–H and O–H groups in total. The van der Waals surface area contributed by atoms with Crippen molar-refractivity contribution in [3.8, 4) is 11.5 Å². The van der Waals surface area contributed by atoms with E-state index < -0.39 is 0 Å². The normalized spacial score (nSPS) is 22.3. The van der Waals surface area contributed by atoms with Gasteiger partial charge in [0, 0.05) is 37.5 Å². The lowest BCUT2D eigenvalue weighted by atomic mass is 9.76. The molecule has 6 nitrogen and oxygen atoms in total. The molecule has 0 spiro atoms. The number of carbonyl (C=O) groups is 1. The number of benzene rings is 2. The van der Waals surface area contributed by atoms with E-state index in [1.807, 2.05) is 47.4 Å². The van der Waals surface area contributed by atoms with Crippen molar-refractivity contribution < 1.29 is 18.7 Å². The maximum Gasteiger partial charge on any atom is 0.229 e. The molecule has 3 aromatic rings. The van der Waals surface area contributed by atoms with E-state index in [9.17, 15) is 4.79 Å². The van der Waals surface area contributed by atoms with Crippen LogP contribution < -0.4 is 14.4 Å². The average molecular weight is 418 g/mol. The fourth-order valence-corrected chi connectivity index (χ4v) is 5.11. The molecule has 5 rings (SSSR count). The zero-order chi connectivity index (χ0) is 21.5. The molecule has 6 heteroatoms. The Morgan fingerprint density at radius 3 is 2.65 bits per heavy atom. The van der Waals surface area contributed by atoms with Crippen LogP contribution in [0.4, 0.5) is 5.69 Å². The lowest BCUT2D eigenvalue weighted by molar-refractivity contribution is -0.132. The van der Waals surface area contributed by atoms with Gasteiger partial charge in [-0.15, -0.1) is 0 Å². The predicted molar refractivity (Wildman–Crippen MR) is 118 cm³/mol. The number of nitrogens with zero attached hydrogens (tertiary/aromatic N) is 2. The molecule has 2 aromatic carbocycles. The Morgan fingerprint density at radius 2 is 1.90 bits per heavy atom. The molecule has 2 aliphatic rings. The fourth-order valence-electron chi connectivity index (χ4n) is 5.11. The Kier molecular flexibility index (Phi) is 4.85. The Morgan fingerprint density at radius 1 is 1.06 bits per heavy atom. The van der Waals surface area contributed by atoms with Gasteiger partial charge in [0.1, 0.15) is 17.3 Å². The summed E-state index contributed by atoms with van der Waals surface area (Å²) < 4.78 is 16.7. The topological polar surface area (TPSA) is 55.2 Å². The van der Waals surface area contributed by atoms with E-state index in [1.54, 1.807) is 20.5 Å². The van der Waals surface area contributed by atoms with E-state index in [-0.39, 0.29) is 23.8 Å². The van der Waals surface area contributed by atoms with Crippen LogP contribution in [0.25, 0.3) is 0 Å². The maximum absolute atomic E-state index is 13.7. The molecule has 0 radical (unpaired) electrons. The highest BCUT2D eigenvalue weighted by atomic mass is 16.5. The third kappa shape index (κ3) is 3.14. The first kappa shape index (κ1) is 19.5. The van der Waals surface area contributed by atoms with E-state index in [0.29, 0.717) is 13.1 Å². The largest absolute Gasteiger partial charge is 0.497 e. The molecular weight excluding hydrogens is 392 g/mol. The number of hydrogen-bond donors (Lipinski definition) is 0. The van der Waals surface area contributed by atoms with Crippen LogP contribution in [0.3, 0.4) is 0 Å². The highest BCUT2D eigenvalue weighted by Gasteiger charge is 2.52. The van der Waals surface area contributed by atoms with E-state index in [1.165, 1.54) is 0 Å². The van der Waals surface area contributed by atoms with E-state index in [4.69, 9.17) is 13.9 Å². The lowest BCUT2D eigenvalue weighted by Crippen LogP contribution is -2.45. The van der Waals surface area contributed by atoms with Gasteiger partial charge in [0.15, 0.2) is 0 Å². The molecule has 0 saturated carbocycles. The van der Waals surface area contributed by atoms with Gasteiger partial charge < -0.3 is 23.7 Å². The second-order valence-corrected chi connectivity index (χ2v) is 8.15. The number of likely N-dealkylation sites (N-methyl/N-ethyl adjacent to an activating group) is 1. The van der Waals surface area contributed by atoms with Crippen molar-refractivity contribution in [1.82, 2.24) is 4.90 Å². The maximum atomic E-state index is 13.7. The Bertz CT molecular complexity index is 1090. The molecule has 1 aromatic heterocycles. The standard InChI is InChI=1S/C25H26N2O4/c1-26-19-8-5-4-7-18(19)23(21-9-6-12-31-21)24-20(26)15-27(25(24)28)14-16-10-11-17(29-2)13-22(16)30-3/h4-13,20,23-24H,14-15H2,1-3H3/t20-,23+,24+/m1/s1. The van der Waals surface area contributed by atoms with Gasteiger partial charge in [-0.25, -0.2) is 0 Å². The Hall–Kier alpha value is -3.41. The van der Waals surface area contributed by atoms with Crippen LogP contribution in [-0.2, 0) is 11.3 Å². The summed E-state index contributed by atoms with van der Waals surface area (Å²) in [7, 11) is 5.35. The fraction of sp³-hybridized carbons (Fsp3) is 0.320. The van der Waals surface area contributed by atoms with Gasteiger partial charge in [0.2, 0.25) is 5.91 Å². The number of furan rings is 1. The summed E-state index contributed by atoms with van der Waals surface area (Å²) in [6.07, 6.45) is 1.69. The summed E-state index contributed by atoms with van der Waals surface area (Å²) in [4.78, 5) is 17.9. The molecule has 0 bridgehead atoms. The van der Waals surface area contributed by atoms with Crippen molar-refractivity contribution >= 4 is 11.6 Å². The van der Waals surface area contributed by atoms with Crippen LogP contribution in [0.1, 0.15) is 22.8 Å². The first-order valence-electron chi connectivity index (χ1n) is 10.5. The van der Waals surface area contributed by atoms with Crippen molar-refractivity contribution in [1.29, 1.82) is 0 Å². The lowest BCUT2D eigenvalue weighted by Gasteiger charge is -2.40. The predicted octanol–water partition coefficient (Wildman–Crippen LogP) is 3.91. The molecule has 0 unspecified atom stereocenters. The number of rotatable bonds is 5. The first-order valence-corrected chi connectivity index (χ1v) is 10.5. The summed E-state index contributed by atoms with van der Waals surface area (Å²) in [6.45, 7) is 1.15. The van der Waals surface area contributed by atoms with Crippen LogP contribution in [0.5, 0.6) is 11.5 Å².